The van der Waals surface area contributed by atoms with E-state index in [2.05, 4.69) is 10.1 Å². The summed E-state index contributed by atoms with van der Waals surface area (Å²) in [6.45, 7) is 2.23. The van der Waals surface area contributed by atoms with Crippen molar-refractivity contribution in [1.82, 2.24) is 23.8 Å². The molecule has 0 aliphatic carbocycles. The fourth-order valence-corrected chi connectivity index (χ4v) is 2.46. The maximum absolute atomic E-state index is 12.5. The Morgan fingerprint density at radius 1 is 1.27 bits per heavy atom. The molecule has 0 aliphatic heterocycles. The first-order valence-corrected chi connectivity index (χ1v) is 7.08. The summed E-state index contributed by atoms with van der Waals surface area (Å²) >= 11 is 0. The average molecular weight is 303 g/mol. The van der Waals surface area contributed by atoms with E-state index >= 15 is 0 Å². The summed E-state index contributed by atoms with van der Waals surface area (Å²) < 4.78 is 9.35. The van der Waals surface area contributed by atoms with Gasteiger partial charge in [-0.25, -0.2) is 9.78 Å². The Hall–Kier alpha value is -2.64. The molecule has 0 spiro atoms. The molecule has 0 N–H and O–H groups in total. The second-order valence-electron chi connectivity index (χ2n) is 5.21. The zero-order valence-electron chi connectivity index (χ0n) is 12.7. The molecule has 0 radical (unpaired) electrons. The van der Waals surface area contributed by atoms with Gasteiger partial charge in [-0.2, -0.15) is 0 Å². The van der Waals surface area contributed by atoms with Crippen LogP contribution in [-0.4, -0.2) is 23.8 Å². The van der Waals surface area contributed by atoms with Crippen molar-refractivity contribution in [1.29, 1.82) is 0 Å². The molecule has 8 nitrogen and oxygen atoms in total. The molecule has 3 heterocycles. The van der Waals surface area contributed by atoms with Crippen LogP contribution < -0.4 is 11.2 Å². The summed E-state index contributed by atoms with van der Waals surface area (Å²) in [5.41, 5.74) is 0.823. The van der Waals surface area contributed by atoms with E-state index in [1.165, 1.54) is 15.5 Å². The first-order valence-electron chi connectivity index (χ1n) is 7.08. The lowest BCUT2D eigenvalue weighted by Gasteiger charge is -2.07. The monoisotopic (exact) mass is 303 g/mol. The summed E-state index contributed by atoms with van der Waals surface area (Å²) in [5.74, 6) is 0.789. The van der Waals surface area contributed by atoms with E-state index in [-0.39, 0.29) is 17.8 Å². The lowest BCUT2D eigenvalue weighted by atomic mass is 10.2. The zero-order chi connectivity index (χ0) is 15.9. The van der Waals surface area contributed by atoms with Gasteiger partial charge in [-0.05, 0) is 0 Å². The fourth-order valence-electron chi connectivity index (χ4n) is 2.46. The molecule has 0 fully saturated rings. The van der Waals surface area contributed by atoms with E-state index in [0.29, 0.717) is 17.6 Å². The first-order chi connectivity index (χ1) is 10.5. The van der Waals surface area contributed by atoms with Gasteiger partial charge in [0.2, 0.25) is 0 Å². The van der Waals surface area contributed by atoms with Gasteiger partial charge in [0, 0.05) is 39.5 Å². The Balaban J connectivity index is 2.01. The van der Waals surface area contributed by atoms with Gasteiger partial charge in [-0.3, -0.25) is 13.9 Å². The lowest BCUT2D eigenvalue weighted by Crippen LogP contribution is -2.40. The molecule has 3 aromatic heterocycles. The molecule has 0 saturated heterocycles. The van der Waals surface area contributed by atoms with Crippen LogP contribution in [0.15, 0.2) is 26.5 Å². The van der Waals surface area contributed by atoms with Crippen molar-refractivity contribution in [2.45, 2.75) is 26.3 Å². The maximum Gasteiger partial charge on any atom is 0.332 e. The quantitative estimate of drug-likeness (QED) is 0.688. The van der Waals surface area contributed by atoms with Gasteiger partial charge in [0.25, 0.3) is 5.56 Å². The van der Waals surface area contributed by atoms with Crippen LogP contribution in [0.2, 0.25) is 0 Å². The van der Waals surface area contributed by atoms with Crippen LogP contribution in [0.5, 0.6) is 0 Å². The smallest absolute Gasteiger partial charge is 0.332 e. The van der Waals surface area contributed by atoms with Crippen LogP contribution in [0.25, 0.3) is 11.2 Å². The summed E-state index contributed by atoms with van der Waals surface area (Å²) in [7, 11) is 3.34. The van der Waals surface area contributed by atoms with Crippen LogP contribution in [0.4, 0.5) is 0 Å². The number of aryl methyl sites for hydroxylation is 4. The number of hydrogen-bond donors (Lipinski definition) is 0. The minimum absolute atomic E-state index is 0.252. The Labute approximate surface area is 125 Å². The van der Waals surface area contributed by atoms with Crippen LogP contribution in [0.1, 0.15) is 18.4 Å². The van der Waals surface area contributed by atoms with E-state index in [9.17, 15) is 9.59 Å². The minimum atomic E-state index is -0.379. The number of nitrogens with zero attached hydrogens (tertiary/aromatic N) is 5. The summed E-state index contributed by atoms with van der Waals surface area (Å²) in [5, 5.41) is 3.94. The zero-order valence-corrected chi connectivity index (χ0v) is 12.7. The molecule has 0 unspecified atom stereocenters. The standard InChI is InChI=1S/C14H17N5O3/c1-4-10-7-9(16-22-10)5-6-19-13(20)11-12(15-8-17(11)2)18(3)14(19)21/h7-8H,4-6H2,1-3H3. The molecule has 116 valence electrons. The Morgan fingerprint density at radius 2 is 2.05 bits per heavy atom. The summed E-state index contributed by atoms with van der Waals surface area (Å²) in [4.78, 5) is 28.9. The van der Waals surface area contributed by atoms with Crippen molar-refractivity contribution in [3.8, 4) is 0 Å². The van der Waals surface area contributed by atoms with Crippen LogP contribution >= 0.6 is 0 Å². The number of hydrogen-bond acceptors (Lipinski definition) is 5. The van der Waals surface area contributed by atoms with E-state index in [1.54, 1.807) is 18.7 Å². The molecule has 0 aliphatic rings. The van der Waals surface area contributed by atoms with Crippen molar-refractivity contribution in [2.24, 2.45) is 14.1 Å². The summed E-state index contributed by atoms with van der Waals surface area (Å²) in [6, 6.07) is 1.85. The molecule has 0 saturated carbocycles. The summed E-state index contributed by atoms with van der Waals surface area (Å²) in [6.07, 6.45) is 2.75. The molecular weight excluding hydrogens is 286 g/mol. The molecule has 0 bridgehead atoms. The largest absolute Gasteiger partial charge is 0.361 e. The molecule has 0 aromatic carbocycles. The molecule has 8 heteroatoms. The van der Waals surface area contributed by atoms with Gasteiger partial charge in [-0.1, -0.05) is 12.1 Å². The second kappa shape index (κ2) is 5.28. The average Bonchev–Trinajstić information content (AvgIpc) is 3.11. The predicted molar refractivity (Wildman–Crippen MR) is 79.8 cm³/mol. The Kier molecular flexibility index (Phi) is 3.44. The van der Waals surface area contributed by atoms with E-state index in [4.69, 9.17) is 4.52 Å². The molecule has 3 aromatic rings. The van der Waals surface area contributed by atoms with E-state index < -0.39 is 0 Å². The van der Waals surface area contributed by atoms with Crippen molar-refractivity contribution in [3.63, 3.8) is 0 Å². The van der Waals surface area contributed by atoms with Gasteiger partial charge >= 0.3 is 5.69 Å². The normalized spacial score (nSPS) is 11.4. The molecule has 3 rings (SSSR count). The highest BCUT2D eigenvalue weighted by Crippen LogP contribution is 2.06. The fraction of sp³-hybridized carbons (Fsp3) is 0.429. The molecular formula is C14H17N5O3. The third-order valence-electron chi connectivity index (χ3n) is 3.75. The van der Waals surface area contributed by atoms with Crippen molar-refractivity contribution in [3.05, 3.63) is 44.7 Å². The minimum Gasteiger partial charge on any atom is -0.361 e. The van der Waals surface area contributed by atoms with Gasteiger partial charge in [0.15, 0.2) is 11.2 Å². The van der Waals surface area contributed by atoms with Crippen molar-refractivity contribution < 1.29 is 4.52 Å². The SMILES string of the molecule is CCc1cc(CCn2c(=O)c3c(ncn3C)n(C)c2=O)no1. The first kappa shape index (κ1) is 14.3. The second-order valence-corrected chi connectivity index (χ2v) is 5.21. The van der Waals surface area contributed by atoms with Crippen LogP contribution in [0, 0.1) is 0 Å². The van der Waals surface area contributed by atoms with Gasteiger partial charge in [0.1, 0.15) is 5.76 Å². The number of fused-ring (bicyclic) bond motifs is 1. The number of aromatic nitrogens is 5. The number of imidazole rings is 1. The third kappa shape index (κ3) is 2.16. The molecule has 0 amide bonds. The predicted octanol–water partition coefficient (Wildman–Crippen LogP) is 0.227. The third-order valence-corrected chi connectivity index (χ3v) is 3.75. The van der Waals surface area contributed by atoms with Crippen LogP contribution in [0.3, 0.4) is 0 Å². The lowest BCUT2D eigenvalue weighted by molar-refractivity contribution is 0.379. The van der Waals surface area contributed by atoms with E-state index in [1.807, 2.05) is 13.0 Å². The van der Waals surface area contributed by atoms with Crippen molar-refractivity contribution >= 4 is 11.2 Å². The van der Waals surface area contributed by atoms with Crippen LogP contribution in [-0.2, 0) is 33.5 Å². The number of rotatable bonds is 4. The van der Waals surface area contributed by atoms with Crippen molar-refractivity contribution in [2.75, 3.05) is 0 Å². The Bertz CT molecular complexity index is 944. The topological polar surface area (TPSA) is 87.9 Å². The maximum atomic E-state index is 12.5. The van der Waals surface area contributed by atoms with Gasteiger partial charge in [-0.15, -0.1) is 0 Å². The Morgan fingerprint density at radius 3 is 2.73 bits per heavy atom. The molecule has 22 heavy (non-hydrogen) atoms. The highest BCUT2D eigenvalue weighted by molar-refractivity contribution is 5.69. The van der Waals surface area contributed by atoms with E-state index in [0.717, 1.165) is 17.9 Å². The highest BCUT2D eigenvalue weighted by atomic mass is 16.5. The highest BCUT2D eigenvalue weighted by Gasteiger charge is 2.15. The molecule has 0 atom stereocenters. The van der Waals surface area contributed by atoms with Gasteiger partial charge < -0.3 is 9.09 Å². The van der Waals surface area contributed by atoms with Gasteiger partial charge in [0.05, 0.1) is 12.0 Å².